The molecule has 0 saturated carbocycles. The average molecular weight is 385 g/mol. The molecule has 8 nitrogen and oxygen atoms in total. The number of carbonyl (C=O) groups is 1. The van der Waals surface area contributed by atoms with Crippen LogP contribution in [0.25, 0.3) is 16.8 Å². The first-order chi connectivity index (χ1) is 13.1. The van der Waals surface area contributed by atoms with Crippen LogP contribution in [0.5, 0.6) is 0 Å². The molecule has 4 rings (SSSR count). The number of aromatic amines is 1. The highest BCUT2D eigenvalue weighted by Gasteiger charge is 2.19. The van der Waals surface area contributed by atoms with E-state index in [1.807, 2.05) is 37.3 Å². The summed E-state index contributed by atoms with van der Waals surface area (Å²) in [6.45, 7) is 4.18. The molecule has 27 heavy (non-hydrogen) atoms. The smallest absolute Gasteiger partial charge is 0.350 e. The van der Waals surface area contributed by atoms with Crippen LogP contribution in [0.2, 0.25) is 0 Å². The Balaban J connectivity index is 1.63. The lowest BCUT2D eigenvalue weighted by Gasteiger charge is -2.26. The van der Waals surface area contributed by atoms with Crippen molar-refractivity contribution in [3.8, 4) is 11.1 Å². The van der Waals surface area contributed by atoms with Crippen LogP contribution < -0.4 is 5.69 Å². The minimum atomic E-state index is -0.369. The first-order valence-electron chi connectivity index (χ1n) is 8.67. The average Bonchev–Trinajstić information content (AvgIpc) is 3.04. The number of rotatable bonds is 4. The van der Waals surface area contributed by atoms with Gasteiger partial charge in [-0.15, -0.1) is 0 Å². The van der Waals surface area contributed by atoms with Crippen molar-refractivity contribution in [2.45, 2.75) is 12.1 Å². The third-order valence-corrected chi connectivity index (χ3v) is 5.27. The van der Waals surface area contributed by atoms with Crippen LogP contribution in [0.1, 0.15) is 5.69 Å². The minimum absolute atomic E-state index is 0.0128. The number of hydrogen-bond donors (Lipinski definition) is 1. The van der Waals surface area contributed by atoms with Crippen LogP contribution in [-0.4, -0.2) is 62.4 Å². The minimum Gasteiger partial charge on any atom is -0.378 e. The van der Waals surface area contributed by atoms with Crippen LogP contribution in [0.3, 0.4) is 0 Å². The third-order valence-electron chi connectivity index (χ3n) is 4.41. The highest BCUT2D eigenvalue weighted by atomic mass is 32.2. The van der Waals surface area contributed by atoms with Gasteiger partial charge in [-0.25, -0.2) is 9.78 Å². The molecule has 0 unspecified atom stereocenters. The van der Waals surface area contributed by atoms with Gasteiger partial charge in [0.25, 0.3) is 0 Å². The van der Waals surface area contributed by atoms with E-state index in [0.717, 1.165) is 16.8 Å². The normalized spacial score (nSPS) is 14.6. The van der Waals surface area contributed by atoms with Crippen LogP contribution in [-0.2, 0) is 9.53 Å². The van der Waals surface area contributed by atoms with Crippen molar-refractivity contribution < 1.29 is 9.53 Å². The summed E-state index contributed by atoms with van der Waals surface area (Å²) >= 11 is 1.22. The lowest BCUT2D eigenvalue weighted by molar-refractivity contribution is -0.132. The Morgan fingerprint density at radius 1 is 1.26 bits per heavy atom. The number of carbonyl (C=O) groups excluding carboxylic acids is 1. The van der Waals surface area contributed by atoms with Gasteiger partial charge in [-0.3, -0.25) is 9.78 Å². The number of H-pyrrole nitrogens is 1. The molecule has 0 atom stereocenters. The molecular weight excluding hydrogens is 366 g/mol. The topological polar surface area (TPSA) is 92.6 Å². The molecule has 1 saturated heterocycles. The first kappa shape index (κ1) is 17.7. The summed E-state index contributed by atoms with van der Waals surface area (Å²) in [5.74, 6) is 0.228. The van der Waals surface area contributed by atoms with Crippen LogP contribution >= 0.6 is 11.8 Å². The predicted molar refractivity (Wildman–Crippen MR) is 102 cm³/mol. The predicted octanol–water partition coefficient (Wildman–Crippen LogP) is 1.34. The molecule has 1 amide bonds. The molecule has 1 aliphatic heterocycles. The summed E-state index contributed by atoms with van der Waals surface area (Å²) in [6, 6.07) is 9.72. The van der Waals surface area contributed by atoms with Crippen molar-refractivity contribution in [2.75, 3.05) is 32.1 Å². The standard InChI is InChI=1S/C18H19N5O3S/c1-12-15(13-5-3-2-4-6-13)16-19-17(20-18(25)23(16)21-12)27-11-14(24)22-7-9-26-10-8-22/h2-6H,7-11H2,1H3,(H,19,20,25). The van der Waals surface area contributed by atoms with Crippen molar-refractivity contribution in [3.05, 3.63) is 46.5 Å². The van der Waals surface area contributed by atoms with Gasteiger partial charge in [0.1, 0.15) is 0 Å². The maximum atomic E-state index is 12.4. The number of fused-ring (bicyclic) bond motifs is 1. The molecule has 0 spiro atoms. The molecule has 1 fully saturated rings. The summed E-state index contributed by atoms with van der Waals surface area (Å²) in [6.07, 6.45) is 0. The number of aromatic nitrogens is 4. The molecule has 140 valence electrons. The summed E-state index contributed by atoms with van der Waals surface area (Å²) < 4.78 is 6.53. The molecule has 0 radical (unpaired) electrons. The summed E-state index contributed by atoms with van der Waals surface area (Å²) in [5.41, 5.74) is 2.62. The SMILES string of the molecule is Cc1nn2c(=O)[nH]c(SCC(=O)N3CCOCC3)nc2c1-c1ccccc1. The van der Waals surface area contributed by atoms with E-state index in [-0.39, 0.29) is 17.3 Å². The number of ether oxygens (including phenoxy) is 1. The Morgan fingerprint density at radius 3 is 2.74 bits per heavy atom. The van der Waals surface area contributed by atoms with Gasteiger partial charge in [-0.05, 0) is 12.5 Å². The van der Waals surface area contributed by atoms with Gasteiger partial charge in [0, 0.05) is 18.7 Å². The number of nitrogens with zero attached hydrogens (tertiary/aromatic N) is 4. The number of amides is 1. The fourth-order valence-electron chi connectivity index (χ4n) is 3.07. The number of hydrogen-bond acceptors (Lipinski definition) is 6. The molecule has 0 bridgehead atoms. The second kappa shape index (κ2) is 7.53. The lowest BCUT2D eigenvalue weighted by Crippen LogP contribution is -2.41. The highest BCUT2D eigenvalue weighted by molar-refractivity contribution is 7.99. The van der Waals surface area contributed by atoms with E-state index in [1.165, 1.54) is 16.3 Å². The van der Waals surface area contributed by atoms with Crippen LogP contribution in [0.4, 0.5) is 0 Å². The lowest BCUT2D eigenvalue weighted by atomic mass is 10.1. The van der Waals surface area contributed by atoms with Crippen molar-refractivity contribution in [1.82, 2.24) is 24.5 Å². The highest BCUT2D eigenvalue weighted by Crippen LogP contribution is 2.27. The molecule has 9 heteroatoms. The van der Waals surface area contributed by atoms with Gasteiger partial charge in [0.05, 0.1) is 24.7 Å². The number of nitrogens with one attached hydrogen (secondary N) is 1. The maximum absolute atomic E-state index is 12.4. The Kier molecular flexibility index (Phi) is 4.95. The summed E-state index contributed by atoms with van der Waals surface area (Å²) in [4.78, 5) is 33.8. The van der Waals surface area contributed by atoms with Gasteiger partial charge >= 0.3 is 5.69 Å². The Labute approximate surface area is 159 Å². The summed E-state index contributed by atoms with van der Waals surface area (Å²) in [5, 5.41) is 4.72. The van der Waals surface area contributed by atoms with Crippen LogP contribution in [0, 0.1) is 6.92 Å². The van der Waals surface area contributed by atoms with Gasteiger partial charge in [-0.1, -0.05) is 42.1 Å². The van der Waals surface area contributed by atoms with Crippen molar-refractivity contribution >= 4 is 23.3 Å². The van der Waals surface area contributed by atoms with E-state index >= 15 is 0 Å². The first-order valence-corrected chi connectivity index (χ1v) is 9.65. The van der Waals surface area contributed by atoms with Gasteiger partial charge in [0.15, 0.2) is 10.8 Å². The fraction of sp³-hybridized carbons (Fsp3) is 0.333. The van der Waals surface area contributed by atoms with E-state index < -0.39 is 0 Å². The van der Waals surface area contributed by atoms with Crippen molar-refractivity contribution in [2.24, 2.45) is 0 Å². The molecule has 0 aliphatic carbocycles. The maximum Gasteiger partial charge on any atom is 0.350 e. The van der Waals surface area contributed by atoms with E-state index in [4.69, 9.17) is 4.74 Å². The van der Waals surface area contributed by atoms with E-state index in [0.29, 0.717) is 37.1 Å². The van der Waals surface area contributed by atoms with Crippen LogP contribution in [0.15, 0.2) is 40.3 Å². The number of thioether (sulfide) groups is 1. The summed E-state index contributed by atoms with van der Waals surface area (Å²) in [7, 11) is 0. The largest absolute Gasteiger partial charge is 0.378 e. The van der Waals surface area contributed by atoms with E-state index in [2.05, 4.69) is 15.1 Å². The molecule has 1 N–H and O–H groups in total. The second-order valence-corrected chi connectivity index (χ2v) is 7.15. The monoisotopic (exact) mass is 385 g/mol. The van der Waals surface area contributed by atoms with E-state index in [9.17, 15) is 9.59 Å². The zero-order valence-corrected chi connectivity index (χ0v) is 15.7. The Bertz CT molecular complexity index is 1020. The molecular formula is C18H19N5O3S. The third kappa shape index (κ3) is 3.60. The fourth-order valence-corrected chi connectivity index (χ4v) is 3.83. The quantitative estimate of drug-likeness (QED) is 0.682. The van der Waals surface area contributed by atoms with E-state index in [1.54, 1.807) is 4.90 Å². The van der Waals surface area contributed by atoms with Gasteiger partial charge in [0.2, 0.25) is 5.91 Å². The van der Waals surface area contributed by atoms with Crippen molar-refractivity contribution in [1.29, 1.82) is 0 Å². The van der Waals surface area contributed by atoms with Gasteiger partial charge in [-0.2, -0.15) is 9.61 Å². The Hall–Kier alpha value is -2.65. The molecule has 3 aromatic rings. The molecule has 1 aromatic carbocycles. The molecule has 1 aliphatic rings. The second-order valence-electron chi connectivity index (χ2n) is 6.19. The number of benzene rings is 1. The number of aryl methyl sites for hydroxylation is 1. The number of morpholine rings is 1. The zero-order chi connectivity index (χ0) is 18.8. The molecule has 2 aromatic heterocycles. The Morgan fingerprint density at radius 2 is 2.00 bits per heavy atom. The van der Waals surface area contributed by atoms with Crippen molar-refractivity contribution in [3.63, 3.8) is 0 Å². The van der Waals surface area contributed by atoms with Gasteiger partial charge < -0.3 is 9.64 Å². The zero-order valence-electron chi connectivity index (χ0n) is 14.8. The molecule has 3 heterocycles.